The summed E-state index contributed by atoms with van der Waals surface area (Å²) in [5, 5.41) is 13.9. The smallest absolute Gasteiger partial charge is 0.269 e. The molecule has 0 unspecified atom stereocenters. The summed E-state index contributed by atoms with van der Waals surface area (Å²) in [7, 11) is 0. The molecule has 1 aromatic carbocycles. The number of nitro groups is 1. The van der Waals surface area contributed by atoms with E-state index < -0.39 is 4.92 Å². The molecule has 0 aromatic heterocycles. The van der Waals surface area contributed by atoms with Crippen LogP contribution in [-0.2, 0) is 0 Å². The molecule has 2 rings (SSSR count). The highest BCUT2D eigenvalue weighted by atomic mass is 16.6. The number of nitro benzene ring substituents is 1. The lowest BCUT2D eigenvalue weighted by molar-refractivity contribution is -0.384. The summed E-state index contributed by atoms with van der Waals surface area (Å²) in [6.07, 6.45) is 6.81. The first-order chi connectivity index (χ1) is 9.75. The van der Waals surface area contributed by atoms with E-state index in [1.54, 1.807) is 12.1 Å². The highest BCUT2D eigenvalue weighted by Crippen LogP contribution is 2.22. The van der Waals surface area contributed by atoms with Crippen molar-refractivity contribution in [1.29, 1.82) is 0 Å². The van der Waals surface area contributed by atoms with E-state index in [0.717, 1.165) is 19.0 Å². The Hall–Kier alpha value is -1.62. The van der Waals surface area contributed by atoms with Crippen molar-refractivity contribution >= 4 is 5.69 Å². The minimum atomic E-state index is -0.407. The molecule has 1 N–H and O–H groups in total. The van der Waals surface area contributed by atoms with E-state index in [1.165, 1.54) is 44.2 Å². The van der Waals surface area contributed by atoms with Crippen LogP contribution in [0.3, 0.4) is 0 Å². The maximum absolute atomic E-state index is 10.5. The van der Waals surface area contributed by atoms with Gasteiger partial charge in [-0.05, 0) is 37.4 Å². The number of rotatable bonds is 7. The van der Waals surface area contributed by atoms with Crippen LogP contribution in [0.5, 0.6) is 5.75 Å². The first-order valence-electron chi connectivity index (χ1n) is 7.33. The van der Waals surface area contributed by atoms with Crippen LogP contribution < -0.4 is 10.1 Å². The Morgan fingerprint density at radius 1 is 1.20 bits per heavy atom. The Balaban J connectivity index is 1.59. The van der Waals surface area contributed by atoms with E-state index in [1.807, 2.05) is 0 Å². The molecule has 1 aliphatic rings. The van der Waals surface area contributed by atoms with Crippen molar-refractivity contribution < 1.29 is 9.66 Å². The van der Waals surface area contributed by atoms with Crippen LogP contribution in [-0.4, -0.2) is 24.6 Å². The average molecular weight is 278 g/mol. The van der Waals surface area contributed by atoms with Gasteiger partial charge in [-0.2, -0.15) is 0 Å². The molecular formula is C15H22N2O3. The molecule has 5 nitrogen and oxygen atoms in total. The Morgan fingerprint density at radius 2 is 1.90 bits per heavy atom. The second-order valence-corrected chi connectivity index (χ2v) is 5.31. The standard InChI is InChI=1S/C15H22N2O3/c18-17(19)14-6-8-15(9-7-14)20-11-10-16-12-13-4-2-1-3-5-13/h6-9,13,16H,1-5,10-12H2. The van der Waals surface area contributed by atoms with Crippen molar-refractivity contribution in [2.75, 3.05) is 19.7 Å². The lowest BCUT2D eigenvalue weighted by Crippen LogP contribution is -2.28. The summed E-state index contributed by atoms with van der Waals surface area (Å²) in [6, 6.07) is 6.20. The van der Waals surface area contributed by atoms with Gasteiger partial charge in [0.2, 0.25) is 0 Å². The summed E-state index contributed by atoms with van der Waals surface area (Å²) < 4.78 is 5.55. The fraction of sp³-hybridized carbons (Fsp3) is 0.600. The Bertz CT molecular complexity index is 414. The first kappa shape index (κ1) is 14.8. The van der Waals surface area contributed by atoms with Crippen LogP contribution in [0.25, 0.3) is 0 Å². The molecule has 0 bridgehead atoms. The lowest BCUT2D eigenvalue weighted by atomic mass is 9.89. The molecule has 1 saturated carbocycles. The van der Waals surface area contributed by atoms with Crippen LogP contribution in [0.2, 0.25) is 0 Å². The lowest BCUT2D eigenvalue weighted by Gasteiger charge is -2.21. The third-order valence-corrected chi connectivity index (χ3v) is 3.75. The van der Waals surface area contributed by atoms with Gasteiger partial charge in [0.25, 0.3) is 5.69 Å². The van der Waals surface area contributed by atoms with E-state index in [9.17, 15) is 10.1 Å². The van der Waals surface area contributed by atoms with Crippen molar-refractivity contribution in [3.8, 4) is 5.75 Å². The van der Waals surface area contributed by atoms with Gasteiger partial charge in [-0.15, -0.1) is 0 Å². The van der Waals surface area contributed by atoms with Crippen LogP contribution in [0.1, 0.15) is 32.1 Å². The fourth-order valence-electron chi connectivity index (χ4n) is 2.60. The van der Waals surface area contributed by atoms with Gasteiger partial charge >= 0.3 is 0 Å². The Labute approximate surface area is 119 Å². The number of benzene rings is 1. The minimum absolute atomic E-state index is 0.0905. The van der Waals surface area contributed by atoms with Gasteiger partial charge in [0.15, 0.2) is 0 Å². The first-order valence-corrected chi connectivity index (χ1v) is 7.33. The third kappa shape index (κ3) is 4.81. The monoisotopic (exact) mass is 278 g/mol. The Morgan fingerprint density at radius 3 is 2.55 bits per heavy atom. The molecule has 1 fully saturated rings. The quantitative estimate of drug-likeness (QED) is 0.473. The van der Waals surface area contributed by atoms with Gasteiger partial charge in [-0.25, -0.2) is 0 Å². The van der Waals surface area contributed by atoms with Crippen LogP contribution in [0, 0.1) is 16.0 Å². The SMILES string of the molecule is O=[N+]([O-])c1ccc(OCCNCC2CCCCC2)cc1. The number of hydrogen-bond acceptors (Lipinski definition) is 4. The number of nitrogens with one attached hydrogen (secondary N) is 1. The van der Waals surface area contributed by atoms with Crippen LogP contribution in [0.15, 0.2) is 24.3 Å². The zero-order chi connectivity index (χ0) is 14.2. The summed E-state index contributed by atoms with van der Waals surface area (Å²) in [5.74, 6) is 1.50. The van der Waals surface area contributed by atoms with Gasteiger partial charge in [0.1, 0.15) is 12.4 Å². The fourth-order valence-corrected chi connectivity index (χ4v) is 2.60. The van der Waals surface area contributed by atoms with Crippen molar-refractivity contribution in [3.63, 3.8) is 0 Å². The van der Waals surface area contributed by atoms with Crippen molar-refractivity contribution in [2.24, 2.45) is 5.92 Å². The molecule has 5 heteroatoms. The molecule has 0 atom stereocenters. The maximum Gasteiger partial charge on any atom is 0.269 e. The van der Waals surface area contributed by atoms with Gasteiger partial charge in [0, 0.05) is 18.7 Å². The molecule has 0 aliphatic heterocycles. The molecule has 0 radical (unpaired) electrons. The summed E-state index contributed by atoms with van der Waals surface area (Å²) >= 11 is 0. The maximum atomic E-state index is 10.5. The van der Waals surface area contributed by atoms with E-state index in [-0.39, 0.29) is 5.69 Å². The summed E-state index contributed by atoms with van der Waals surface area (Å²) in [5.41, 5.74) is 0.0905. The van der Waals surface area contributed by atoms with E-state index >= 15 is 0 Å². The third-order valence-electron chi connectivity index (χ3n) is 3.75. The van der Waals surface area contributed by atoms with Gasteiger partial charge < -0.3 is 10.1 Å². The van der Waals surface area contributed by atoms with Crippen molar-refractivity contribution in [3.05, 3.63) is 34.4 Å². The average Bonchev–Trinajstić information content (AvgIpc) is 2.48. The number of hydrogen-bond donors (Lipinski definition) is 1. The van der Waals surface area contributed by atoms with E-state index in [2.05, 4.69) is 5.32 Å². The molecule has 110 valence electrons. The summed E-state index contributed by atoms with van der Waals surface area (Å²) in [4.78, 5) is 10.1. The predicted octanol–water partition coefficient (Wildman–Crippen LogP) is 3.14. The predicted molar refractivity (Wildman–Crippen MR) is 78.0 cm³/mol. The van der Waals surface area contributed by atoms with Gasteiger partial charge in [-0.3, -0.25) is 10.1 Å². The normalized spacial score (nSPS) is 16.0. The second-order valence-electron chi connectivity index (χ2n) is 5.31. The minimum Gasteiger partial charge on any atom is -0.492 e. The molecule has 20 heavy (non-hydrogen) atoms. The molecule has 0 saturated heterocycles. The van der Waals surface area contributed by atoms with Gasteiger partial charge in [-0.1, -0.05) is 19.3 Å². The molecule has 1 aliphatic carbocycles. The van der Waals surface area contributed by atoms with Crippen LogP contribution in [0.4, 0.5) is 5.69 Å². The van der Waals surface area contributed by atoms with Crippen LogP contribution >= 0.6 is 0 Å². The van der Waals surface area contributed by atoms with Crippen molar-refractivity contribution in [1.82, 2.24) is 5.32 Å². The molecular weight excluding hydrogens is 256 g/mol. The number of nitrogens with zero attached hydrogens (tertiary/aromatic N) is 1. The highest BCUT2D eigenvalue weighted by molar-refractivity contribution is 5.35. The highest BCUT2D eigenvalue weighted by Gasteiger charge is 2.12. The zero-order valence-corrected chi connectivity index (χ0v) is 11.7. The zero-order valence-electron chi connectivity index (χ0n) is 11.7. The topological polar surface area (TPSA) is 64.4 Å². The van der Waals surface area contributed by atoms with Crippen molar-refractivity contribution in [2.45, 2.75) is 32.1 Å². The second kappa shape index (κ2) is 7.85. The molecule has 0 spiro atoms. The molecule has 0 amide bonds. The molecule has 0 heterocycles. The largest absolute Gasteiger partial charge is 0.492 e. The summed E-state index contributed by atoms with van der Waals surface area (Å²) in [6.45, 7) is 2.47. The van der Waals surface area contributed by atoms with E-state index in [4.69, 9.17) is 4.74 Å². The molecule has 1 aromatic rings. The van der Waals surface area contributed by atoms with Gasteiger partial charge in [0.05, 0.1) is 4.92 Å². The number of non-ortho nitro benzene ring substituents is 1. The Kier molecular flexibility index (Phi) is 5.80. The van der Waals surface area contributed by atoms with E-state index in [0.29, 0.717) is 12.4 Å². The number of ether oxygens (including phenoxy) is 1.